The van der Waals surface area contributed by atoms with E-state index in [9.17, 15) is 4.79 Å². The molecule has 0 spiro atoms. The minimum Gasteiger partial charge on any atom is -0.338 e. The molecule has 1 aromatic rings. The molecule has 0 bridgehead atoms. The maximum absolute atomic E-state index is 11.8. The van der Waals surface area contributed by atoms with Gasteiger partial charge < -0.3 is 10.6 Å². The highest BCUT2D eigenvalue weighted by molar-refractivity contribution is 5.74. The van der Waals surface area contributed by atoms with Crippen molar-refractivity contribution in [3.05, 3.63) is 35.4 Å². The quantitative estimate of drug-likeness (QED) is 0.868. The minimum absolute atomic E-state index is 0.0156. The number of hydrogen-bond acceptors (Lipinski definition) is 1. The molecule has 0 radical (unpaired) electrons. The van der Waals surface area contributed by atoms with Gasteiger partial charge in [0.1, 0.15) is 0 Å². The average molecular weight is 274 g/mol. The van der Waals surface area contributed by atoms with Gasteiger partial charge in [-0.1, -0.05) is 31.2 Å². The molecule has 2 N–H and O–H groups in total. The number of benzene rings is 1. The highest BCUT2D eigenvalue weighted by atomic mass is 16.2. The van der Waals surface area contributed by atoms with E-state index >= 15 is 0 Å². The Kier molecular flexibility index (Phi) is 5.45. The number of carbonyl (C=O) groups is 1. The fraction of sp³-hybridized carbons (Fsp3) is 0.588. The molecular formula is C17H26N2O. The molecular weight excluding hydrogens is 248 g/mol. The second kappa shape index (κ2) is 7.32. The van der Waals surface area contributed by atoms with E-state index in [-0.39, 0.29) is 6.03 Å². The Labute approximate surface area is 122 Å². The molecule has 3 nitrogen and oxygen atoms in total. The van der Waals surface area contributed by atoms with Crippen molar-refractivity contribution in [1.82, 2.24) is 10.6 Å². The van der Waals surface area contributed by atoms with Gasteiger partial charge in [-0.2, -0.15) is 0 Å². The summed E-state index contributed by atoms with van der Waals surface area (Å²) in [6.07, 6.45) is 5.59. The summed E-state index contributed by atoms with van der Waals surface area (Å²) in [5.41, 5.74) is 2.59. The summed E-state index contributed by atoms with van der Waals surface area (Å²) in [4.78, 5) is 11.8. The zero-order chi connectivity index (χ0) is 14.4. The van der Waals surface area contributed by atoms with E-state index in [1.54, 1.807) is 0 Å². The summed E-state index contributed by atoms with van der Waals surface area (Å²) in [7, 11) is 0. The highest BCUT2D eigenvalue weighted by Crippen LogP contribution is 2.23. The predicted molar refractivity (Wildman–Crippen MR) is 82.8 cm³/mol. The van der Waals surface area contributed by atoms with Crippen molar-refractivity contribution in [2.45, 2.75) is 52.0 Å². The Hall–Kier alpha value is -1.51. The molecule has 110 valence electrons. The second-order valence-electron chi connectivity index (χ2n) is 6.03. The number of hydrogen-bond donors (Lipinski definition) is 2. The van der Waals surface area contributed by atoms with Crippen LogP contribution in [0.1, 0.15) is 43.7 Å². The zero-order valence-electron chi connectivity index (χ0n) is 12.6. The third kappa shape index (κ3) is 4.55. The van der Waals surface area contributed by atoms with Crippen LogP contribution in [0.3, 0.4) is 0 Å². The largest absolute Gasteiger partial charge is 0.338 e. The molecule has 0 saturated heterocycles. The Balaban J connectivity index is 1.67. The fourth-order valence-corrected chi connectivity index (χ4v) is 2.84. The molecule has 0 atom stereocenters. The Bertz CT molecular complexity index is 436. The van der Waals surface area contributed by atoms with Crippen LogP contribution in [0.15, 0.2) is 24.3 Å². The molecule has 1 aliphatic carbocycles. The van der Waals surface area contributed by atoms with Crippen LogP contribution < -0.4 is 10.6 Å². The van der Waals surface area contributed by atoms with E-state index in [0.29, 0.717) is 12.6 Å². The van der Waals surface area contributed by atoms with Crippen LogP contribution in [0.25, 0.3) is 0 Å². The molecule has 0 aliphatic heterocycles. The average Bonchev–Trinajstić information content (AvgIpc) is 2.43. The van der Waals surface area contributed by atoms with Crippen molar-refractivity contribution < 1.29 is 4.79 Å². The third-order valence-electron chi connectivity index (χ3n) is 4.29. The fourth-order valence-electron chi connectivity index (χ4n) is 2.84. The van der Waals surface area contributed by atoms with Gasteiger partial charge in [-0.25, -0.2) is 4.79 Å². The molecule has 1 aliphatic rings. The van der Waals surface area contributed by atoms with Gasteiger partial charge in [-0.05, 0) is 56.1 Å². The van der Waals surface area contributed by atoms with E-state index in [4.69, 9.17) is 0 Å². The maximum Gasteiger partial charge on any atom is 0.315 e. The second-order valence-corrected chi connectivity index (χ2v) is 6.03. The molecule has 3 heteroatoms. The summed E-state index contributed by atoms with van der Waals surface area (Å²) < 4.78 is 0. The lowest BCUT2D eigenvalue weighted by molar-refractivity contribution is 0.228. The van der Waals surface area contributed by atoms with Crippen molar-refractivity contribution in [2.24, 2.45) is 5.92 Å². The lowest BCUT2D eigenvalue weighted by Crippen LogP contribution is -2.44. The summed E-state index contributed by atoms with van der Waals surface area (Å²) >= 11 is 0. The molecule has 1 saturated carbocycles. The number of nitrogens with one attached hydrogen (secondary N) is 2. The van der Waals surface area contributed by atoms with Gasteiger partial charge in [-0.3, -0.25) is 0 Å². The molecule has 0 aromatic heterocycles. The minimum atomic E-state index is -0.0156. The Morgan fingerprint density at radius 1 is 1.20 bits per heavy atom. The van der Waals surface area contributed by atoms with E-state index in [1.807, 2.05) is 12.1 Å². The first-order valence-electron chi connectivity index (χ1n) is 7.74. The van der Waals surface area contributed by atoms with Gasteiger partial charge in [-0.15, -0.1) is 0 Å². The highest BCUT2D eigenvalue weighted by Gasteiger charge is 2.19. The first-order valence-corrected chi connectivity index (χ1v) is 7.74. The SMILES string of the molecule is Cc1ccccc1CCNC(=O)NC1CCC(C)CC1. The van der Waals surface area contributed by atoms with Gasteiger partial charge in [0.05, 0.1) is 0 Å². The van der Waals surface area contributed by atoms with Crippen molar-refractivity contribution in [3.8, 4) is 0 Å². The van der Waals surface area contributed by atoms with Crippen LogP contribution >= 0.6 is 0 Å². The normalized spacial score (nSPS) is 22.3. The number of urea groups is 1. The molecule has 20 heavy (non-hydrogen) atoms. The number of amides is 2. The Morgan fingerprint density at radius 2 is 1.90 bits per heavy atom. The predicted octanol–water partition coefficient (Wildman–Crippen LogP) is 3.42. The number of rotatable bonds is 4. The van der Waals surface area contributed by atoms with E-state index < -0.39 is 0 Å². The van der Waals surface area contributed by atoms with Crippen LogP contribution in [-0.4, -0.2) is 18.6 Å². The van der Waals surface area contributed by atoms with E-state index in [1.165, 1.54) is 24.0 Å². The van der Waals surface area contributed by atoms with Gasteiger partial charge in [0.2, 0.25) is 0 Å². The van der Waals surface area contributed by atoms with Crippen molar-refractivity contribution >= 4 is 6.03 Å². The lowest BCUT2D eigenvalue weighted by atomic mass is 9.87. The number of aryl methyl sites for hydroxylation is 1. The standard InChI is InChI=1S/C17H26N2O/c1-13-7-9-16(10-8-13)19-17(20)18-12-11-15-6-4-3-5-14(15)2/h3-6,13,16H,7-12H2,1-2H3,(H2,18,19,20). The van der Waals surface area contributed by atoms with E-state index in [0.717, 1.165) is 25.2 Å². The molecule has 1 fully saturated rings. The van der Waals surface area contributed by atoms with Crippen LogP contribution in [-0.2, 0) is 6.42 Å². The molecule has 2 rings (SSSR count). The first kappa shape index (κ1) is 14.9. The van der Waals surface area contributed by atoms with Crippen LogP contribution in [0.4, 0.5) is 4.79 Å². The van der Waals surface area contributed by atoms with Crippen molar-refractivity contribution in [3.63, 3.8) is 0 Å². The summed E-state index contributed by atoms with van der Waals surface area (Å²) in [6.45, 7) is 5.09. The van der Waals surface area contributed by atoms with Crippen LogP contribution in [0.2, 0.25) is 0 Å². The van der Waals surface area contributed by atoms with Gasteiger partial charge in [0.15, 0.2) is 0 Å². The van der Waals surface area contributed by atoms with Gasteiger partial charge in [0.25, 0.3) is 0 Å². The third-order valence-corrected chi connectivity index (χ3v) is 4.29. The topological polar surface area (TPSA) is 41.1 Å². The molecule has 0 heterocycles. The van der Waals surface area contributed by atoms with Gasteiger partial charge in [0, 0.05) is 12.6 Å². The van der Waals surface area contributed by atoms with Gasteiger partial charge >= 0.3 is 6.03 Å². The lowest BCUT2D eigenvalue weighted by Gasteiger charge is -2.26. The zero-order valence-corrected chi connectivity index (χ0v) is 12.6. The summed E-state index contributed by atoms with van der Waals surface area (Å²) in [5.74, 6) is 0.817. The van der Waals surface area contributed by atoms with Crippen molar-refractivity contribution in [2.75, 3.05) is 6.54 Å². The van der Waals surface area contributed by atoms with Crippen molar-refractivity contribution in [1.29, 1.82) is 0 Å². The smallest absolute Gasteiger partial charge is 0.315 e. The molecule has 2 amide bonds. The van der Waals surface area contributed by atoms with Crippen LogP contribution in [0.5, 0.6) is 0 Å². The van der Waals surface area contributed by atoms with E-state index in [2.05, 4.69) is 36.6 Å². The number of carbonyl (C=O) groups excluding carboxylic acids is 1. The summed E-state index contributed by atoms with van der Waals surface area (Å²) in [6, 6.07) is 8.67. The first-order chi connectivity index (χ1) is 9.65. The van der Waals surface area contributed by atoms with Crippen LogP contribution in [0, 0.1) is 12.8 Å². The monoisotopic (exact) mass is 274 g/mol. The summed E-state index contributed by atoms with van der Waals surface area (Å²) in [5, 5.41) is 6.06. The molecule has 1 aromatic carbocycles. The maximum atomic E-state index is 11.8. The Morgan fingerprint density at radius 3 is 2.60 bits per heavy atom. The molecule has 0 unspecified atom stereocenters.